The van der Waals surface area contributed by atoms with Crippen molar-refractivity contribution in [1.82, 2.24) is 20.2 Å². The summed E-state index contributed by atoms with van der Waals surface area (Å²) in [5.74, 6) is 0.614. The molecule has 0 aliphatic heterocycles. The van der Waals surface area contributed by atoms with Gasteiger partial charge in [0.1, 0.15) is 11.6 Å². The van der Waals surface area contributed by atoms with Crippen LogP contribution in [0.4, 0.5) is 13.2 Å². The van der Waals surface area contributed by atoms with Crippen molar-refractivity contribution in [2.45, 2.75) is 45.5 Å². The molecule has 3 N–H and O–H groups in total. The zero-order valence-electron chi connectivity index (χ0n) is 18.3. The van der Waals surface area contributed by atoms with Crippen LogP contribution in [0.25, 0.3) is 0 Å². The quantitative estimate of drug-likeness (QED) is 0.412. The minimum atomic E-state index is -4.88. The number of rotatable bonds is 9. The maximum atomic E-state index is 13.6. The van der Waals surface area contributed by atoms with Gasteiger partial charge in [0.15, 0.2) is 5.96 Å². The number of aryl methyl sites for hydroxylation is 2. The summed E-state index contributed by atoms with van der Waals surface area (Å²) in [5.41, 5.74) is -1.15. The van der Waals surface area contributed by atoms with Crippen LogP contribution in [0.3, 0.4) is 0 Å². The van der Waals surface area contributed by atoms with Crippen LogP contribution in [0.15, 0.2) is 35.6 Å². The number of ether oxygens (including phenoxy) is 1. The van der Waals surface area contributed by atoms with E-state index in [1.54, 1.807) is 0 Å². The maximum absolute atomic E-state index is 13.6. The first-order chi connectivity index (χ1) is 14.6. The molecule has 0 aliphatic rings. The van der Waals surface area contributed by atoms with Crippen LogP contribution in [0.5, 0.6) is 5.75 Å². The first kappa shape index (κ1) is 24.5. The lowest BCUT2D eigenvalue weighted by Crippen LogP contribution is -2.47. The van der Waals surface area contributed by atoms with Crippen LogP contribution >= 0.6 is 0 Å². The van der Waals surface area contributed by atoms with Crippen molar-refractivity contribution in [3.63, 3.8) is 0 Å². The van der Waals surface area contributed by atoms with Gasteiger partial charge in [-0.05, 0) is 32.4 Å². The lowest BCUT2D eigenvalue weighted by molar-refractivity contribution is -0.272. The molecule has 0 fully saturated rings. The number of imidazole rings is 1. The van der Waals surface area contributed by atoms with E-state index in [4.69, 9.17) is 4.74 Å². The lowest BCUT2D eigenvalue weighted by Gasteiger charge is -2.30. The fourth-order valence-corrected chi connectivity index (χ4v) is 3.09. The second kappa shape index (κ2) is 10.5. The Kier molecular flexibility index (Phi) is 8.32. The van der Waals surface area contributed by atoms with E-state index in [9.17, 15) is 18.3 Å². The number of aliphatic imine (C=N–C) groups is 1. The SMILES string of the molecule is CCNC(=NCc1ccc(C)cc1OCC)NCCC(O)(c1nccn1C)C(F)(F)F. The summed E-state index contributed by atoms with van der Waals surface area (Å²) in [6.45, 7) is 6.88. The number of guanidine groups is 1. The number of aliphatic hydroxyl groups is 1. The second-order valence-corrected chi connectivity index (χ2v) is 7.14. The fraction of sp³-hybridized carbons (Fsp3) is 0.524. The third-order valence-electron chi connectivity index (χ3n) is 4.71. The highest BCUT2D eigenvalue weighted by atomic mass is 19.4. The molecule has 0 bridgehead atoms. The Morgan fingerprint density at radius 1 is 1.26 bits per heavy atom. The number of alkyl halides is 3. The molecule has 0 radical (unpaired) electrons. The van der Waals surface area contributed by atoms with Crippen molar-refractivity contribution in [3.8, 4) is 5.75 Å². The largest absolute Gasteiger partial charge is 0.494 e. The molecule has 1 aromatic carbocycles. The minimum absolute atomic E-state index is 0.166. The number of hydrogen-bond acceptors (Lipinski definition) is 4. The van der Waals surface area contributed by atoms with Gasteiger partial charge in [0, 0.05) is 44.5 Å². The van der Waals surface area contributed by atoms with E-state index < -0.39 is 24.0 Å². The highest BCUT2D eigenvalue weighted by molar-refractivity contribution is 5.79. The fourth-order valence-electron chi connectivity index (χ4n) is 3.09. The van der Waals surface area contributed by atoms with Gasteiger partial charge in [-0.1, -0.05) is 12.1 Å². The number of aromatic nitrogens is 2. The molecular formula is C21H30F3N5O2. The Hall–Kier alpha value is -2.75. The van der Waals surface area contributed by atoms with Crippen molar-refractivity contribution < 1.29 is 23.0 Å². The van der Waals surface area contributed by atoms with Gasteiger partial charge in [-0.25, -0.2) is 9.98 Å². The van der Waals surface area contributed by atoms with Crippen LogP contribution in [-0.4, -0.2) is 46.5 Å². The summed E-state index contributed by atoms with van der Waals surface area (Å²) in [7, 11) is 1.41. The standard InChI is InChI=1S/C21H30F3N5O2/c1-5-25-19(28-14-16-8-7-15(3)13-17(16)31-6-2)27-10-9-20(30,21(22,23)24)18-26-11-12-29(18)4/h7-8,11-13,30H,5-6,9-10,14H2,1-4H3,(H2,25,27,28). The lowest BCUT2D eigenvalue weighted by atomic mass is 9.97. The van der Waals surface area contributed by atoms with Gasteiger partial charge in [-0.2, -0.15) is 13.2 Å². The second-order valence-electron chi connectivity index (χ2n) is 7.14. The van der Waals surface area contributed by atoms with Crippen molar-refractivity contribution in [2.24, 2.45) is 12.0 Å². The molecule has 0 amide bonds. The van der Waals surface area contributed by atoms with Gasteiger partial charge in [0.05, 0.1) is 13.2 Å². The third kappa shape index (κ3) is 6.13. The predicted octanol–water partition coefficient (Wildman–Crippen LogP) is 3.02. The number of benzene rings is 1. The van der Waals surface area contributed by atoms with Crippen LogP contribution in [0.1, 0.15) is 37.2 Å². The monoisotopic (exact) mass is 441 g/mol. The smallest absolute Gasteiger partial charge is 0.424 e. The third-order valence-corrected chi connectivity index (χ3v) is 4.71. The zero-order chi connectivity index (χ0) is 23.1. The maximum Gasteiger partial charge on any atom is 0.424 e. The van der Waals surface area contributed by atoms with E-state index in [2.05, 4.69) is 20.6 Å². The molecule has 1 heterocycles. The summed E-state index contributed by atoms with van der Waals surface area (Å²) >= 11 is 0. The number of hydrogen-bond donors (Lipinski definition) is 3. The number of nitrogens with zero attached hydrogens (tertiary/aromatic N) is 3. The molecule has 0 spiro atoms. The van der Waals surface area contributed by atoms with Crippen molar-refractivity contribution >= 4 is 5.96 Å². The summed E-state index contributed by atoms with van der Waals surface area (Å²) < 4.78 is 47.8. The summed E-state index contributed by atoms with van der Waals surface area (Å²) in [5, 5.41) is 16.3. The van der Waals surface area contributed by atoms with E-state index in [1.165, 1.54) is 24.0 Å². The van der Waals surface area contributed by atoms with Gasteiger partial charge in [-0.15, -0.1) is 0 Å². The Labute approximate surface area is 180 Å². The van der Waals surface area contributed by atoms with Crippen molar-refractivity contribution in [3.05, 3.63) is 47.5 Å². The Morgan fingerprint density at radius 3 is 2.58 bits per heavy atom. The van der Waals surface area contributed by atoms with Gasteiger partial charge in [0.2, 0.25) is 5.60 Å². The van der Waals surface area contributed by atoms with E-state index in [-0.39, 0.29) is 13.1 Å². The molecule has 1 atom stereocenters. The van der Waals surface area contributed by atoms with Crippen LogP contribution in [0, 0.1) is 6.92 Å². The first-order valence-corrected chi connectivity index (χ1v) is 10.1. The van der Waals surface area contributed by atoms with Gasteiger partial charge < -0.3 is 25.0 Å². The molecule has 2 aromatic rings. The molecule has 0 saturated heterocycles. The molecule has 2 rings (SSSR count). The van der Waals surface area contributed by atoms with Crippen molar-refractivity contribution in [1.29, 1.82) is 0 Å². The zero-order valence-corrected chi connectivity index (χ0v) is 18.3. The number of nitrogens with one attached hydrogen (secondary N) is 2. The molecule has 172 valence electrons. The Morgan fingerprint density at radius 2 is 2.00 bits per heavy atom. The van der Waals surface area contributed by atoms with Gasteiger partial charge >= 0.3 is 6.18 Å². The molecule has 7 nitrogen and oxygen atoms in total. The Bertz CT molecular complexity index is 882. The molecule has 10 heteroatoms. The summed E-state index contributed by atoms with van der Waals surface area (Å²) in [6, 6.07) is 5.78. The minimum Gasteiger partial charge on any atom is -0.494 e. The highest BCUT2D eigenvalue weighted by Crippen LogP contribution is 2.40. The average Bonchev–Trinajstić information content (AvgIpc) is 3.13. The van der Waals surface area contributed by atoms with Crippen LogP contribution in [-0.2, 0) is 19.2 Å². The average molecular weight is 441 g/mol. The molecule has 1 unspecified atom stereocenters. The Balaban J connectivity index is 2.12. The molecule has 0 saturated carbocycles. The van der Waals surface area contributed by atoms with Crippen molar-refractivity contribution in [2.75, 3.05) is 19.7 Å². The first-order valence-electron chi connectivity index (χ1n) is 10.1. The molecule has 31 heavy (non-hydrogen) atoms. The van der Waals surface area contributed by atoms with E-state index in [0.29, 0.717) is 19.1 Å². The van der Waals surface area contributed by atoms with Gasteiger partial charge in [-0.3, -0.25) is 0 Å². The molecule has 0 aliphatic carbocycles. The highest BCUT2D eigenvalue weighted by Gasteiger charge is 2.57. The van der Waals surface area contributed by atoms with Crippen LogP contribution in [0.2, 0.25) is 0 Å². The summed E-state index contributed by atoms with van der Waals surface area (Å²) in [6.07, 6.45) is -2.91. The molecular weight excluding hydrogens is 411 g/mol. The van der Waals surface area contributed by atoms with E-state index >= 15 is 0 Å². The van der Waals surface area contributed by atoms with E-state index in [1.807, 2.05) is 39.0 Å². The van der Waals surface area contributed by atoms with Gasteiger partial charge in [0.25, 0.3) is 0 Å². The number of halogens is 3. The normalized spacial score (nSPS) is 14.3. The topological polar surface area (TPSA) is 83.7 Å². The predicted molar refractivity (Wildman–Crippen MR) is 113 cm³/mol. The summed E-state index contributed by atoms with van der Waals surface area (Å²) in [4.78, 5) is 8.15. The molecule has 1 aromatic heterocycles. The van der Waals surface area contributed by atoms with E-state index in [0.717, 1.165) is 16.9 Å². The van der Waals surface area contributed by atoms with Crippen LogP contribution < -0.4 is 15.4 Å².